The van der Waals surface area contributed by atoms with Crippen LogP contribution >= 0.6 is 0 Å². The third-order valence-electron chi connectivity index (χ3n) is 3.79. The van der Waals surface area contributed by atoms with Gasteiger partial charge in [-0.1, -0.05) is 0 Å². The van der Waals surface area contributed by atoms with Gasteiger partial charge in [0.1, 0.15) is 11.4 Å². The highest BCUT2D eigenvalue weighted by Gasteiger charge is 2.28. The van der Waals surface area contributed by atoms with Crippen molar-refractivity contribution in [1.29, 1.82) is 0 Å². The minimum absolute atomic E-state index is 0.208. The van der Waals surface area contributed by atoms with Crippen molar-refractivity contribution in [2.75, 3.05) is 30.8 Å². The molecule has 0 unspecified atom stereocenters. The van der Waals surface area contributed by atoms with Gasteiger partial charge in [0, 0.05) is 26.2 Å². The molecule has 0 bridgehead atoms. The monoisotopic (exact) mass is 306 g/mol. The highest BCUT2D eigenvalue weighted by Crippen LogP contribution is 2.22. The maximum atomic E-state index is 12.1. The zero-order chi connectivity index (χ0) is 16.3. The van der Waals surface area contributed by atoms with Crippen LogP contribution in [0.4, 0.5) is 16.3 Å². The van der Waals surface area contributed by atoms with Gasteiger partial charge >= 0.3 is 6.09 Å². The molecule has 0 spiro atoms. The van der Waals surface area contributed by atoms with Gasteiger partial charge in [-0.25, -0.2) is 9.78 Å². The van der Waals surface area contributed by atoms with Crippen molar-refractivity contribution in [3.05, 3.63) is 18.3 Å². The Morgan fingerprint density at radius 3 is 2.50 bits per heavy atom. The summed E-state index contributed by atoms with van der Waals surface area (Å²) >= 11 is 0. The first-order valence-corrected chi connectivity index (χ1v) is 7.68. The van der Waals surface area contributed by atoms with Gasteiger partial charge in [0.15, 0.2) is 0 Å². The lowest BCUT2D eigenvalue weighted by Crippen LogP contribution is -2.47. The molecule has 1 fully saturated rings. The molecule has 2 heterocycles. The van der Waals surface area contributed by atoms with Gasteiger partial charge < -0.3 is 20.3 Å². The molecule has 0 aromatic carbocycles. The number of ether oxygens (including phenoxy) is 1. The molecule has 2 rings (SSSR count). The second kappa shape index (κ2) is 6.42. The Bertz CT molecular complexity index is 502. The molecular formula is C16H26N4O2. The molecule has 122 valence electrons. The summed E-state index contributed by atoms with van der Waals surface area (Å²) in [5.41, 5.74) is 5.87. The van der Waals surface area contributed by atoms with E-state index in [1.54, 1.807) is 11.1 Å². The number of amides is 1. The first-order valence-electron chi connectivity index (χ1n) is 7.68. The van der Waals surface area contributed by atoms with Crippen LogP contribution < -0.4 is 10.6 Å². The molecule has 1 aromatic rings. The van der Waals surface area contributed by atoms with Gasteiger partial charge in [-0.05, 0) is 45.7 Å². The summed E-state index contributed by atoms with van der Waals surface area (Å²) in [7, 11) is 1.82. The quantitative estimate of drug-likeness (QED) is 0.909. The molecular weight excluding hydrogens is 280 g/mol. The first kappa shape index (κ1) is 16.4. The third kappa shape index (κ3) is 4.26. The molecule has 1 aliphatic heterocycles. The second-order valence-corrected chi connectivity index (χ2v) is 6.76. The predicted molar refractivity (Wildman–Crippen MR) is 87.9 cm³/mol. The van der Waals surface area contributed by atoms with E-state index < -0.39 is 5.60 Å². The highest BCUT2D eigenvalue weighted by atomic mass is 16.6. The van der Waals surface area contributed by atoms with Gasteiger partial charge in [-0.2, -0.15) is 0 Å². The molecule has 0 atom stereocenters. The zero-order valence-electron chi connectivity index (χ0n) is 13.9. The summed E-state index contributed by atoms with van der Waals surface area (Å²) in [6, 6.07) is 4.01. The van der Waals surface area contributed by atoms with Crippen LogP contribution in [0.1, 0.15) is 33.6 Å². The standard InChI is InChI=1S/C16H26N4O2/c1-16(2,3)22-15(21)19(4)13-7-9-20(10-8-13)14-6-5-12(17)11-18-14/h5-6,11,13H,7-10,17H2,1-4H3. The SMILES string of the molecule is CN(C(=O)OC(C)(C)C)C1CCN(c2ccc(N)cn2)CC1. The van der Waals surface area contributed by atoms with E-state index in [9.17, 15) is 4.79 Å². The minimum Gasteiger partial charge on any atom is -0.444 e. The number of nitrogen functional groups attached to an aromatic ring is 1. The number of carbonyl (C=O) groups is 1. The number of hydrogen-bond donors (Lipinski definition) is 1. The average Bonchev–Trinajstić information content (AvgIpc) is 2.46. The molecule has 6 heteroatoms. The Hall–Kier alpha value is -1.98. The Morgan fingerprint density at radius 1 is 1.36 bits per heavy atom. The van der Waals surface area contributed by atoms with E-state index in [0.29, 0.717) is 5.69 Å². The van der Waals surface area contributed by atoms with Crippen molar-refractivity contribution in [3.63, 3.8) is 0 Å². The van der Waals surface area contributed by atoms with Crippen LogP contribution in [0.25, 0.3) is 0 Å². The molecule has 0 aliphatic carbocycles. The second-order valence-electron chi connectivity index (χ2n) is 6.76. The maximum absolute atomic E-state index is 12.1. The summed E-state index contributed by atoms with van der Waals surface area (Å²) < 4.78 is 5.42. The van der Waals surface area contributed by atoms with E-state index in [1.165, 1.54) is 0 Å². The van der Waals surface area contributed by atoms with Crippen molar-refractivity contribution >= 4 is 17.6 Å². The summed E-state index contributed by atoms with van der Waals surface area (Å²) in [4.78, 5) is 20.4. The van der Waals surface area contributed by atoms with E-state index in [4.69, 9.17) is 10.5 Å². The number of nitrogens with zero attached hydrogens (tertiary/aromatic N) is 3. The van der Waals surface area contributed by atoms with Crippen molar-refractivity contribution < 1.29 is 9.53 Å². The van der Waals surface area contributed by atoms with E-state index in [-0.39, 0.29) is 12.1 Å². The van der Waals surface area contributed by atoms with Crippen LogP contribution in [0, 0.1) is 0 Å². The zero-order valence-corrected chi connectivity index (χ0v) is 13.9. The fraction of sp³-hybridized carbons (Fsp3) is 0.625. The van der Waals surface area contributed by atoms with Crippen LogP contribution in [0.3, 0.4) is 0 Å². The van der Waals surface area contributed by atoms with Crippen molar-refractivity contribution in [2.24, 2.45) is 0 Å². The summed E-state index contributed by atoms with van der Waals surface area (Å²) in [5.74, 6) is 0.938. The predicted octanol–water partition coefficient (Wildman–Crippen LogP) is 2.50. The number of nitrogens with two attached hydrogens (primary N) is 1. The van der Waals surface area contributed by atoms with Gasteiger partial charge in [-0.15, -0.1) is 0 Å². The largest absolute Gasteiger partial charge is 0.444 e. The van der Waals surface area contributed by atoms with Crippen LogP contribution in [0.15, 0.2) is 18.3 Å². The highest BCUT2D eigenvalue weighted by molar-refractivity contribution is 5.68. The van der Waals surface area contributed by atoms with Gasteiger partial charge in [-0.3, -0.25) is 0 Å². The molecule has 1 saturated heterocycles. The Morgan fingerprint density at radius 2 is 2.00 bits per heavy atom. The lowest BCUT2D eigenvalue weighted by atomic mass is 10.0. The smallest absolute Gasteiger partial charge is 0.410 e. The number of aromatic nitrogens is 1. The van der Waals surface area contributed by atoms with Crippen molar-refractivity contribution in [3.8, 4) is 0 Å². The van der Waals surface area contributed by atoms with Crippen LogP contribution in [0.5, 0.6) is 0 Å². The number of piperidine rings is 1. The van der Waals surface area contributed by atoms with Gasteiger partial charge in [0.2, 0.25) is 0 Å². The van der Waals surface area contributed by atoms with Crippen molar-refractivity contribution in [1.82, 2.24) is 9.88 Å². The Kier molecular flexibility index (Phi) is 4.78. The third-order valence-corrected chi connectivity index (χ3v) is 3.79. The average molecular weight is 306 g/mol. The number of hydrogen-bond acceptors (Lipinski definition) is 5. The van der Waals surface area contributed by atoms with Crippen LogP contribution in [-0.4, -0.2) is 47.8 Å². The van der Waals surface area contributed by atoms with Gasteiger partial charge in [0.05, 0.1) is 11.9 Å². The van der Waals surface area contributed by atoms with Crippen LogP contribution in [-0.2, 0) is 4.74 Å². The van der Waals surface area contributed by atoms with E-state index >= 15 is 0 Å². The fourth-order valence-corrected chi connectivity index (χ4v) is 2.55. The maximum Gasteiger partial charge on any atom is 0.410 e. The normalized spacial score (nSPS) is 16.5. The summed E-state index contributed by atoms with van der Waals surface area (Å²) in [6.07, 6.45) is 3.23. The molecule has 0 radical (unpaired) electrons. The molecule has 0 saturated carbocycles. The minimum atomic E-state index is -0.458. The fourth-order valence-electron chi connectivity index (χ4n) is 2.55. The topological polar surface area (TPSA) is 71.7 Å². The molecule has 22 heavy (non-hydrogen) atoms. The number of anilines is 2. The molecule has 1 amide bonds. The van der Waals surface area contributed by atoms with E-state index in [2.05, 4.69) is 9.88 Å². The summed E-state index contributed by atoms with van der Waals surface area (Å²) in [5, 5.41) is 0. The number of rotatable bonds is 2. The first-order chi connectivity index (χ1) is 10.3. The van der Waals surface area contributed by atoms with E-state index in [0.717, 1.165) is 31.7 Å². The lowest BCUT2D eigenvalue weighted by Gasteiger charge is -2.37. The molecule has 2 N–H and O–H groups in total. The number of pyridine rings is 1. The molecule has 1 aliphatic rings. The number of carbonyl (C=O) groups excluding carboxylic acids is 1. The molecule has 6 nitrogen and oxygen atoms in total. The molecule has 1 aromatic heterocycles. The van der Waals surface area contributed by atoms with E-state index in [1.807, 2.05) is 40.0 Å². The summed E-state index contributed by atoms with van der Waals surface area (Å²) in [6.45, 7) is 7.39. The van der Waals surface area contributed by atoms with Gasteiger partial charge in [0.25, 0.3) is 0 Å². The lowest BCUT2D eigenvalue weighted by molar-refractivity contribution is 0.0201. The Balaban J connectivity index is 1.88. The Labute approximate surface area is 132 Å². The van der Waals surface area contributed by atoms with Crippen molar-refractivity contribution in [2.45, 2.75) is 45.3 Å². The van der Waals surface area contributed by atoms with Crippen LogP contribution in [0.2, 0.25) is 0 Å².